The standard InChI is InChI=1S/C18H18FN3O3S2/c1-18(2,9-23)8-20-17-22-15(25)14(27-17)6-11-7-26-16(21-11)12-5-10(19)3-4-13(12)24/h3-7,23-24H,8-9H2,1-2H3,(H,20,22,25)/b14-6-. The van der Waals surface area contributed by atoms with Crippen molar-refractivity contribution in [3.05, 3.63) is 40.0 Å². The fourth-order valence-corrected chi connectivity index (χ4v) is 3.73. The minimum atomic E-state index is -0.463. The van der Waals surface area contributed by atoms with Crippen molar-refractivity contribution >= 4 is 40.2 Å². The average molecular weight is 407 g/mol. The zero-order valence-corrected chi connectivity index (χ0v) is 16.3. The molecule has 3 N–H and O–H groups in total. The number of phenolic OH excluding ortho intramolecular Hbond substituents is 1. The third-order valence-corrected chi connectivity index (χ3v) is 5.56. The molecule has 6 nitrogen and oxygen atoms in total. The van der Waals surface area contributed by atoms with Gasteiger partial charge in [0.1, 0.15) is 16.6 Å². The van der Waals surface area contributed by atoms with Crippen LogP contribution in [0.2, 0.25) is 0 Å². The number of benzene rings is 1. The van der Waals surface area contributed by atoms with Gasteiger partial charge in [0, 0.05) is 23.9 Å². The number of hydrogen-bond acceptors (Lipinski definition) is 7. The highest BCUT2D eigenvalue weighted by molar-refractivity contribution is 8.18. The molecular weight excluding hydrogens is 389 g/mol. The van der Waals surface area contributed by atoms with E-state index in [1.165, 1.54) is 41.3 Å². The number of thiazole rings is 1. The maximum Gasteiger partial charge on any atom is 0.264 e. The Hall–Kier alpha value is -2.23. The Kier molecular flexibility index (Phi) is 5.64. The Morgan fingerprint density at radius 3 is 2.93 bits per heavy atom. The number of amidine groups is 1. The zero-order valence-electron chi connectivity index (χ0n) is 14.7. The summed E-state index contributed by atoms with van der Waals surface area (Å²) >= 11 is 2.45. The summed E-state index contributed by atoms with van der Waals surface area (Å²) in [6.07, 6.45) is 1.62. The molecule has 0 bridgehead atoms. The maximum absolute atomic E-state index is 13.4. The summed E-state index contributed by atoms with van der Waals surface area (Å²) in [5, 5.41) is 24.5. The van der Waals surface area contributed by atoms with Crippen LogP contribution in [-0.4, -0.2) is 39.4 Å². The maximum atomic E-state index is 13.4. The van der Waals surface area contributed by atoms with Crippen molar-refractivity contribution in [1.29, 1.82) is 0 Å². The molecule has 0 atom stereocenters. The number of aliphatic hydroxyl groups is 1. The number of aliphatic hydroxyl groups excluding tert-OH is 1. The first-order valence-corrected chi connectivity index (χ1v) is 9.78. The lowest BCUT2D eigenvalue weighted by atomic mass is 9.95. The van der Waals surface area contributed by atoms with Crippen molar-refractivity contribution in [3.63, 3.8) is 0 Å². The number of phenols is 1. The van der Waals surface area contributed by atoms with Crippen LogP contribution in [0, 0.1) is 11.2 Å². The highest BCUT2D eigenvalue weighted by atomic mass is 32.2. The van der Waals surface area contributed by atoms with Crippen molar-refractivity contribution in [2.75, 3.05) is 13.2 Å². The molecule has 1 amide bonds. The number of nitrogens with zero attached hydrogens (tertiary/aromatic N) is 2. The first-order chi connectivity index (χ1) is 12.8. The number of aromatic nitrogens is 1. The molecule has 1 aromatic heterocycles. The monoisotopic (exact) mass is 407 g/mol. The summed E-state index contributed by atoms with van der Waals surface area (Å²) in [5.41, 5.74) is 0.483. The lowest BCUT2D eigenvalue weighted by molar-refractivity contribution is -0.115. The summed E-state index contributed by atoms with van der Waals surface area (Å²) in [5.74, 6) is -0.794. The van der Waals surface area contributed by atoms with E-state index in [0.29, 0.717) is 32.9 Å². The van der Waals surface area contributed by atoms with Crippen LogP contribution in [0.1, 0.15) is 19.5 Å². The van der Waals surface area contributed by atoms with Crippen molar-refractivity contribution < 1.29 is 19.4 Å². The van der Waals surface area contributed by atoms with Crippen LogP contribution < -0.4 is 5.32 Å². The molecular formula is C18H18FN3O3S2. The van der Waals surface area contributed by atoms with Gasteiger partial charge in [0.15, 0.2) is 5.17 Å². The molecule has 0 saturated carbocycles. The third kappa shape index (κ3) is 4.74. The van der Waals surface area contributed by atoms with Crippen LogP contribution in [0.5, 0.6) is 5.75 Å². The Bertz CT molecular complexity index is 938. The van der Waals surface area contributed by atoms with Gasteiger partial charge in [-0.2, -0.15) is 0 Å². The smallest absolute Gasteiger partial charge is 0.264 e. The number of rotatable bonds is 5. The van der Waals surface area contributed by atoms with Crippen LogP contribution in [0.3, 0.4) is 0 Å². The molecule has 2 heterocycles. The molecule has 142 valence electrons. The molecule has 1 aliphatic rings. The molecule has 1 aliphatic heterocycles. The van der Waals surface area contributed by atoms with Gasteiger partial charge in [0.05, 0.1) is 16.2 Å². The minimum Gasteiger partial charge on any atom is -0.507 e. The van der Waals surface area contributed by atoms with Crippen LogP contribution in [-0.2, 0) is 4.79 Å². The van der Waals surface area contributed by atoms with Crippen LogP contribution in [0.25, 0.3) is 16.6 Å². The van der Waals surface area contributed by atoms with Crippen LogP contribution >= 0.6 is 23.1 Å². The fourth-order valence-electron chi connectivity index (χ4n) is 2.13. The number of aliphatic imine (C=N–C) groups is 1. The Morgan fingerprint density at radius 1 is 1.41 bits per heavy atom. The summed E-state index contributed by atoms with van der Waals surface area (Å²) in [7, 11) is 0. The van der Waals surface area contributed by atoms with Gasteiger partial charge in [0.25, 0.3) is 5.91 Å². The quantitative estimate of drug-likeness (QED) is 0.662. The molecule has 9 heteroatoms. The van der Waals surface area contributed by atoms with E-state index < -0.39 is 5.82 Å². The lowest BCUT2D eigenvalue weighted by Crippen LogP contribution is -2.24. The van der Waals surface area contributed by atoms with Gasteiger partial charge in [0.2, 0.25) is 0 Å². The van der Waals surface area contributed by atoms with E-state index >= 15 is 0 Å². The fraction of sp³-hybridized carbons (Fsp3) is 0.278. The van der Waals surface area contributed by atoms with E-state index in [-0.39, 0.29) is 23.7 Å². The Balaban J connectivity index is 1.78. The second-order valence-electron chi connectivity index (χ2n) is 6.75. The van der Waals surface area contributed by atoms with Gasteiger partial charge in [-0.1, -0.05) is 13.8 Å². The molecule has 1 fully saturated rings. The van der Waals surface area contributed by atoms with E-state index in [0.717, 1.165) is 0 Å². The predicted molar refractivity (Wildman–Crippen MR) is 106 cm³/mol. The number of carbonyl (C=O) groups excluding carboxylic acids is 1. The topological polar surface area (TPSA) is 94.8 Å². The van der Waals surface area contributed by atoms with Crippen molar-refractivity contribution in [2.24, 2.45) is 10.4 Å². The molecule has 1 aromatic carbocycles. The molecule has 1 saturated heterocycles. The number of halogens is 1. The van der Waals surface area contributed by atoms with E-state index in [9.17, 15) is 19.4 Å². The number of carbonyl (C=O) groups is 1. The molecule has 0 radical (unpaired) electrons. The van der Waals surface area contributed by atoms with Crippen molar-refractivity contribution in [3.8, 4) is 16.3 Å². The second-order valence-corrected chi connectivity index (χ2v) is 8.64. The van der Waals surface area contributed by atoms with Gasteiger partial charge in [-0.05, 0) is 36.0 Å². The lowest BCUT2D eigenvalue weighted by Gasteiger charge is -2.18. The number of nitrogens with one attached hydrogen (secondary N) is 1. The third-order valence-electron chi connectivity index (χ3n) is 3.72. The largest absolute Gasteiger partial charge is 0.507 e. The SMILES string of the molecule is CC(C)(CO)CN=C1NC(=O)/C(=C/c2csc(-c3cc(F)ccc3O)n2)S1. The summed E-state index contributed by atoms with van der Waals surface area (Å²) < 4.78 is 13.4. The molecule has 2 aromatic rings. The molecule has 27 heavy (non-hydrogen) atoms. The van der Waals surface area contributed by atoms with Gasteiger partial charge in [-0.15, -0.1) is 11.3 Å². The molecule has 0 spiro atoms. The van der Waals surface area contributed by atoms with Gasteiger partial charge in [-0.25, -0.2) is 9.37 Å². The average Bonchev–Trinajstić information content (AvgIpc) is 3.23. The zero-order chi connectivity index (χ0) is 19.6. The summed E-state index contributed by atoms with van der Waals surface area (Å²) in [6.45, 7) is 4.15. The van der Waals surface area contributed by atoms with Gasteiger partial charge in [-0.3, -0.25) is 9.79 Å². The highest BCUT2D eigenvalue weighted by Gasteiger charge is 2.25. The number of aromatic hydroxyl groups is 1. The van der Waals surface area contributed by atoms with E-state index in [4.69, 9.17) is 0 Å². The van der Waals surface area contributed by atoms with Crippen LogP contribution in [0.15, 0.2) is 33.5 Å². The second kappa shape index (κ2) is 7.79. The minimum absolute atomic E-state index is 0.000381. The molecule has 3 rings (SSSR count). The normalized spacial score (nSPS) is 17.7. The first-order valence-electron chi connectivity index (χ1n) is 8.08. The summed E-state index contributed by atoms with van der Waals surface area (Å²) in [6, 6.07) is 3.67. The van der Waals surface area contributed by atoms with Gasteiger partial charge < -0.3 is 15.5 Å². The van der Waals surface area contributed by atoms with Crippen molar-refractivity contribution in [2.45, 2.75) is 13.8 Å². The summed E-state index contributed by atoms with van der Waals surface area (Å²) in [4.78, 5) is 21.2. The van der Waals surface area contributed by atoms with Crippen molar-refractivity contribution in [1.82, 2.24) is 10.3 Å². The number of thioether (sulfide) groups is 1. The highest BCUT2D eigenvalue weighted by Crippen LogP contribution is 2.33. The van der Waals surface area contributed by atoms with Gasteiger partial charge >= 0.3 is 0 Å². The Morgan fingerprint density at radius 2 is 2.19 bits per heavy atom. The number of amides is 1. The number of hydrogen-bond donors (Lipinski definition) is 3. The predicted octanol–water partition coefficient (Wildman–Crippen LogP) is 3.23. The van der Waals surface area contributed by atoms with E-state index in [1.54, 1.807) is 11.5 Å². The van der Waals surface area contributed by atoms with Crippen LogP contribution in [0.4, 0.5) is 4.39 Å². The first kappa shape index (κ1) is 19.5. The Labute approximate surface area is 163 Å². The molecule has 0 aliphatic carbocycles. The molecule has 0 unspecified atom stereocenters. The van der Waals surface area contributed by atoms with E-state index in [1.807, 2.05) is 13.8 Å². The van der Waals surface area contributed by atoms with E-state index in [2.05, 4.69) is 15.3 Å².